The van der Waals surface area contributed by atoms with E-state index in [1.165, 1.54) is 0 Å². The summed E-state index contributed by atoms with van der Waals surface area (Å²) >= 11 is 0. The number of hydrogen-bond acceptors (Lipinski definition) is 6. The van der Waals surface area contributed by atoms with Gasteiger partial charge in [0.1, 0.15) is 11.6 Å². The van der Waals surface area contributed by atoms with Crippen molar-refractivity contribution in [3.8, 4) is 0 Å². The predicted molar refractivity (Wildman–Crippen MR) is 93.3 cm³/mol. The number of piperidine rings is 1. The van der Waals surface area contributed by atoms with Gasteiger partial charge in [-0.1, -0.05) is 6.07 Å². The second-order valence-electron chi connectivity index (χ2n) is 5.93. The highest BCUT2D eigenvalue weighted by Gasteiger charge is 2.20. The highest BCUT2D eigenvalue weighted by molar-refractivity contribution is 5.91. The number of carbonyl (C=O) groups is 1. The van der Waals surface area contributed by atoms with E-state index in [0.717, 1.165) is 37.4 Å². The highest BCUT2D eigenvalue weighted by Crippen LogP contribution is 2.20. The fourth-order valence-corrected chi connectivity index (χ4v) is 2.83. The Labute approximate surface area is 141 Å². The summed E-state index contributed by atoms with van der Waals surface area (Å²) in [6.45, 7) is 3.93. The SMILES string of the molecule is CNC(=O)c1ccc(NC2CCN(c3cccc(C)n3)CC2)nn1. The zero-order chi connectivity index (χ0) is 16.9. The summed E-state index contributed by atoms with van der Waals surface area (Å²) in [7, 11) is 1.58. The van der Waals surface area contributed by atoms with Gasteiger partial charge in [-0.25, -0.2) is 4.98 Å². The molecular weight excluding hydrogens is 304 g/mol. The average molecular weight is 326 g/mol. The van der Waals surface area contributed by atoms with Crippen molar-refractivity contribution in [2.45, 2.75) is 25.8 Å². The first-order chi connectivity index (χ1) is 11.7. The van der Waals surface area contributed by atoms with Crippen molar-refractivity contribution in [1.29, 1.82) is 0 Å². The molecule has 0 radical (unpaired) electrons. The summed E-state index contributed by atoms with van der Waals surface area (Å²) in [4.78, 5) is 18.4. The number of aryl methyl sites for hydroxylation is 1. The first kappa shape index (κ1) is 16.2. The first-order valence-electron chi connectivity index (χ1n) is 8.16. The molecule has 0 saturated carbocycles. The van der Waals surface area contributed by atoms with Crippen LogP contribution in [0.1, 0.15) is 29.0 Å². The van der Waals surface area contributed by atoms with Crippen LogP contribution >= 0.6 is 0 Å². The van der Waals surface area contributed by atoms with Crippen molar-refractivity contribution in [3.63, 3.8) is 0 Å². The molecule has 3 rings (SSSR count). The number of nitrogens with one attached hydrogen (secondary N) is 2. The molecule has 0 unspecified atom stereocenters. The summed E-state index contributed by atoms with van der Waals surface area (Å²) in [5, 5.41) is 14.0. The molecule has 0 atom stereocenters. The van der Waals surface area contributed by atoms with Gasteiger partial charge in [0.05, 0.1) is 0 Å². The second-order valence-corrected chi connectivity index (χ2v) is 5.93. The normalized spacial score (nSPS) is 15.2. The van der Waals surface area contributed by atoms with Gasteiger partial charge in [0.25, 0.3) is 5.91 Å². The van der Waals surface area contributed by atoms with E-state index in [2.05, 4.69) is 36.8 Å². The van der Waals surface area contributed by atoms with E-state index < -0.39 is 0 Å². The molecule has 0 spiro atoms. The van der Waals surface area contributed by atoms with Crippen LogP contribution in [-0.4, -0.2) is 47.3 Å². The van der Waals surface area contributed by atoms with Gasteiger partial charge in [0.2, 0.25) is 0 Å². The summed E-state index contributed by atoms with van der Waals surface area (Å²) in [6.07, 6.45) is 2.02. The van der Waals surface area contributed by atoms with E-state index >= 15 is 0 Å². The molecule has 126 valence electrons. The third kappa shape index (κ3) is 3.79. The molecule has 1 fully saturated rings. The van der Waals surface area contributed by atoms with Gasteiger partial charge in [0.15, 0.2) is 5.69 Å². The predicted octanol–water partition coefficient (Wildman–Crippen LogP) is 1.62. The topological polar surface area (TPSA) is 83.0 Å². The van der Waals surface area contributed by atoms with Crippen molar-refractivity contribution >= 4 is 17.5 Å². The van der Waals surface area contributed by atoms with Gasteiger partial charge < -0.3 is 15.5 Å². The number of nitrogens with zero attached hydrogens (tertiary/aromatic N) is 4. The van der Waals surface area contributed by atoms with E-state index in [1.807, 2.05) is 19.1 Å². The Kier molecular flexibility index (Phi) is 4.88. The van der Waals surface area contributed by atoms with Crippen LogP contribution in [0.3, 0.4) is 0 Å². The van der Waals surface area contributed by atoms with Crippen molar-refractivity contribution in [2.75, 3.05) is 30.4 Å². The van der Waals surface area contributed by atoms with E-state index in [0.29, 0.717) is 17.6 Å². The highest BCUT2D eigenvalue weighted by atomic mass is 16.1. The number of carbonyl (C=O) groups excluding carboxylic acids is 1. The number of rotatable bonds is 4. The zero-order valence-electron chi connectivity index (χ0n) is 14.0. The van der Waals surface area contributed by atoms with Crippen LogP contribution in [0.25, 0.3) is 0 Å². The zero-order valence-corrected chi connectivity index (χ0v) is 14.0. The Morgan fingerprint density at radius 3 is 2.58 bits per heavy atom. The van der Waals surface area contributed by atoms with Crippen LogP contribution in [0, 0.1) is 6.92 Å². The lowest BCUT2D eigenvalue weighted by molar-refractivity contribution is 0.0957. The van der Waals surface area contributed by atoms with Crippen LogP contribution in [-0.2, 0) is 0 Å². The van der Waals surface area contributed by atoms with Gasteiger partial charge in [-0.2, -0.15) is 0 Å². The molecule has 1 saturated heterocycles. The van der Waals surface area contributed by atoms with E-state index in [-0.39, 0.29) is 5.91 Å². The smallest absolute Gasteiger partial charge is 0.271 e. The van der Waals surface area contributed by atoms with Crippen LogP contribution in [0.15, 0.2) is 30.3 Å². The average Bonchev–Trinajstić information content (AvgIpc) is 2.62. The van der Waals surface area contributed by atoms with Crippen molar-refractivity contribution in [1.82, 2.24) is 20.5 Å². The van der Waals surface area contributed by atoms with Gasteiger partial charge in [-0.15, -0.1) is 10.2 Å². The first-order valence-corrected chi connectivity index (χ1v) is 8.16. The van der Waals surface area contributed by atoms with Crippen molar-refractivity contribution in [2.24, 2.45) is 0 Å². The molecule has 7 heteroatoms. The fourth-order valence-electron chi connectivity index (χ4n) is 2.83. The number of aromatic nitrogens is 3. The number of anilines is 2. The summed E-state index contributed by atoms with van der Waals surface area (Å²) in [5.74, 6) is 1.52. The number of pyridine rings is 1. The Balaban J connectivity index is 1.54. The lowest BCUT2D eigenvalue weighted by atomic mass is 10.0. The van der Waals surface area contributed by atoms with Crippen LogP contribution in [0.5, 0.6) is 0 Å². The second kappa shape index (κ2) is 7.25. The Morgan fingerprint density at radius 1 is 1.17 bits per heavy atom. The molecular formula is C17H22N6O. The molecule has 1 aliphatic rings. The van der Waals surface area contributed by atoms with E-state index in [1.54, 1.807) is 19.2 Å². The quantitative estimate of drug-likeness (QED) is 0.888. The number of hydrogen-bond donors (Lipinski definition) is 2. The summed E-state index contributed by atoms with van der Waals surface area (Å²) in [5.41, 5.74) is 1.36. The molecule has 0 bridgehead atoms. The molecule has 0 aliphatic carbocycles. The Morgan fingerprint density at radius 2 is 1.96 bits per heavy atom. The molecule has 1 aliphatic heterocycles. The lowest BCUT2D eigenvalue weighted by Crippen LogP contribution is -2.39. The fraction of sp³-hybridized carbons (Fsp3) is 0.412. The van der Waals surface area contributed by atoms with Crippen molar-refractivity contribution < 1.29 is 4.79 Å². The summed E-state index contributed by atoms with van der Waals surface area (Å²) in [6, 6.07) is 9.95. The molecule has 2 N–H and O–H groups in total. The maximum absolute atomic E-state index is 11.5. The van der Waals surface area contributed by atoms with Crippen molar-refractivity contribution in [3.05, 3.63) is 41.7 Å². The maximum Gasteiger partial charge on any atom is 0.271 e. The van der Waals surface area contributed by atoms with Gasteiger partial charge in [0, 0.05) is 31.9 Å². The monoisotopic (exact) mass is 326 g/mol. The van der Waals surface area contributed by atoms with E-state index in [9.17, 15) is 4.79 Å². The van der Waals surface area contributed by atoms with Gasteiger partial charge in [-0.3, -0.25) is 4.79 Å². The Bertz CT molecular complexity index is 694. The Hall–Kier alpha value is -2.70. The lowest BCUT2D eigenvalue weighted by Gasteiger charge is -2.33. The largest absolute Gasteiger partial charge is 0.366 e. The molecule has 3 heterocycles. The van der Waals surface area contributed by atoms with Crippen LogP contribution < -0.4 is 15.5 Å². The third-order valence-electron chi connectivity index (χ3n) is 4.17. The standard InChI is InChI=1S/C17H22N6O/c1-12-4-3-5-16(19-12)23-10-8-13(9-11-23)20-15-7-6-14(21-22-15)17(24)18-2/h3-7,13H,8-11H2,1-2H3,(H,18,24)(H,20,22). The molecule has 2 aromatic rings. The molecule has 24 heavy (non-hydrogen) atoms. The minimum atomic E-state index is -0.229. The number of amides is 1. The minimum absolute atomic E-state index is 0.229. The van der Waals surface area contributed by atoms with Gasteiger partial charge in [-0.05, 0) is 44.0 Å². The molecule has 0 aromatic carbocycles. The third-order valence-corrected chi connectivity index (χ3v) is 4.17. The molecule has 7 nitrogen and oxygen atoms in total. The van der Waals surface area contributed by atoms with Crippen LogP contribution in [0.2, 0.25) is 0 Å². The van der Waals surface area contributed by atoms with Crippen LogP contribution in [0.4, 0.5) is 11.6 Å². The maximum atomic E-state index is 11.5. The molecule has 2 aromatic heterocycles. The molecule has 1 amide bonds. The van der Waals surface area contributed by atoms with E-state index in [4.69, 9.17) is 0 Å². The minimum Gasteiger partial charge on any atom is -0.366 e. The summed E-state index contributed by atoms with van der Waals surface area (Å²) < 4.78 is 0. The van der Waals surface area contributed by atoms with Gasteiger partial charge >= 0.3 is 0 Å².